The van der Waals surface area contributed by atoms with Crippen molar-refractivity contribution in [3.8, 4) is 11.5 Å². The predicted octanol–water partition coefficient (Wildman–Crippen LogP) is 3.18. The second kappa shape index (κ2) is 9.44. The average Bonchev–Trinajstić information content (AvgIpc) is 2.82. The zero-order valence-electron chi connectivity index (χ0n) is 17.3. The summed E-state index contributed by atoms with van der Waals surface area (Å²) in [6.07, 6.45) is 2.82. The Morgan fingerprint density at radius 1 is 1.29 bits per heavy atom. The molecule has 1 N–H and O–H groups in total. The van der Waals surface area contributed by atoms with E-state index in [0.717, 1.165) is 22.2 Å². The highest BCUT2D eigenvalue weighted by atomic mass is 16.5. The minimum atomic E-state index is -0.166. The summed E-state index contributed by atoms with van der Waals surface area (Å²) in [4.78, 5) is 22.7. The van der Waals surface area contributed by atoms with Gasteiger partial charge in [0.1, 0.15) is 31.1 Å². The lowest BCUT2D eigenvalue weighted by atomic mass is 10.1. The van der Waals surface area contributed by atoms with E-state index in [1.807, 2.05) is 36.4 Å². The molecule has 31 heavy (non-hydrogen) atoms. The van der Waals surface area contributed by atoms with Gasteiger partial charge in [0.15, 0.2) is 5.75 Å². The topological polar surface area (TPSA) is 85.8 Å². The second-order valence-corrected chi connectivity index (χ2v) is 6.91. The van der Waals surface area contributed by atoms with E-state index < -0.39 is 0 Å². The van der Waals surface area contributed by atoms with Crippen LogP contribution in [0.25, 0.3) is 10.9 Å². The van der Waals surface area contributed by atoms with Crippen LogP contribution < -0.4 is 19.7 Å². The van der Waals surface area contributed by atoms with E-state index in [2.05, 4.69) is 21.9 Å². The molecule has 0 unspecified atom stereocenters. The number of amides is 1. The van der Waals surface area contributed by atoms with E-state index in [9.17, 15) is 4.79 Å². The van der Waals surface area contributed by atoms with Crippen LogP contribution >= 0.6 is 0 Å². The molecular formula is C23H24N4O4. The number of ether oxygens (including phenoxy) is 3. The van der Waals surface area contributed by atoms with Gasteiger partial charge in [-0.3, -0.25) is 4.79 Å². The number of carbonyl (C=O) groups is 1. The third-order valence-corrected chi connectivity index (χ3v) is 4.94. The first kappa shape index (κ1) is 20.6. The van der Waals surface area contributed by atoms with Crippen LogP contribution in [0.4, 0.5) is 11.5 Å². The van der Waals surface area contributed by atoms with Gasteiger partial charge in [-0.05, 0) is 35.9 Å². The Morgan fingerprint density at radius 3 is 3.03 bits per heavy atom. The van der Waals surface area contributed by atoms with Crippen molar-refractivity contribution in [3.63, 3.8) is 0 Å². The summed E-state index contributed by atoms with van der Waals surface area (Å²) >= 11 is 0. The van der Waals surface area contributed by atoms with Gasteiger partial charge in [-0.25, -0.2) is 9.97 Å². The molecule has 0 saturated heterocycles. The smallest absolute Gasteiger partial charge is 0.250 e. The fourth-order valence-corrected chi connectivity index (χ4v) is 3.48. The molecular weight excluding hydrogens is 396 g/mol. The minimum absolute atomic E-state index is 0.166. The van der Waals surface area contributed by atoms with Gasteiger partial charge < -0.3 is 24.4 Å². The summed E-state index contributed by atoms with van der Waals surface area (Å²) < 4.78 is 16.7. The number of nitrogens with one attached hydrogen (secondary N) is 1. The molecule has 1 amide bonds. The Bertz CT molecular complexity index is 1100. The van der Waals surface area contributed by atoms with Crippen LogP contribution in [0.1, 0.15) is 5.56 Å². The number of hydrogen-bond donors (Lipinski definition) is 1. The number of anilines is 2. The number of hydrogen-bond acceptors (Lipinski definition) is 7. The van der Waals surface area contributed by atoms with E-state index in [4.69, 9.17) is 14.2 Å². The highest BCUT2D eigenvalue weighted by Crippen LogP contribution is 2.40. The molecule has 0 radical (unpaired) electrons. The Morgan fingerprint density at radius 2 is 2.19 bits per heavy atom. The third kappa shape index (κ3) is 4.44. The Labute approximate surface area is 180 Å². The van der Waals surface area contributed by atoms with Crippen molar-refractivity contribution in [1.29, 1.82) is 0 Å². The van der Waals surface area contributed by atoms with E-state index in [1.54, 1.807) is 12.0 Å². The van der Waals surface area contributed by atoms with Crippen LogP contribution in [-0.2, 0) is 16.1 Å². The van der Waals surface area contributed by atoms with Gasteiger partial charge in [0.05, 0.1) is 29.7 Å². The van der Waals surface area contributed by atoms with Gasteiger partial charge in [0, 0.05) is 13.7 Å². The van der Waals surface area contributed by atoms with Crippen molar-refractivity contribution < 1.29 is 19.0 Å². The SMILES string of the molecule is C=CC(=O)N1CCOc2c1ccc1ncnc(NCc3cccc(OCCOC)c3)c21. The normalized spacial score (nSPS) is 12.7. The van der Waals surface area contributed by atoms with Crippen LogP contribution in [0, 0.1) is 0 Å². The monoisotopic (exact) mass is 420 g/mol. The maximum Gasteiger partial charge on any atom is 0.250 e. The van der Waals surface area contributed by atoms with Gasteiger partial charge in [0.25, 0.3) is 5.91 Å². The maximum absolute atomic E-state index is 12.3. The molecule has 8 nitrogen and oxygen atoms in total. The van der Waals surface area contributed by atoms with Gasteiger partial charge in [-0.2, -0.15) is 0 Å². The summed E-state index contributed by atoms with van der Waals surface area (Å²) in [5.41, 5.74) is 2.46. The highest BCUT2D eigenvalue weighted by molar-refractivity contribution is 6.07. The molecule has 1 aliphatic rings. The number of fused-ring (bicyclic) bond motifs is 3. The molecule has 0 fully saturated rings. The molecule has 2 aromatic carbocycles. The summed E-state index contributed by atoms with van der Waals surface area (Å²) in [6.45, 7) is 6.01. The van der Waals surface area contributed by atoms with Gasteiger partial charge in [0.2, 0.25) is 0 Å². The number of benzene rings is 2. The lowest BCUT2D eigenvalue weighted by Crippen LogP contribution is -2.36. The summed E-state index contributed by atoms with van der Waals surface area (Å²) in [6, 6.07) is 11.5. The van der Waals surface area contributed by atoms with E-state index in [0.29, 0.717) is 50.2 Å². The predicted molar refractivity (Wildman–Crippen MR) is 119 cm³/mol. The van der Waals surface area contributed by atoms with Crippen LogP contribution in [0.2, 0.25) is 0 Å². The van der Waals surface area contributed by atoms with Crippen molar-refractivity contribution >= 4 is 28.3 Å². The molecule has 0 aliphatic carbocycles. The van der Waals surface area contributed by atoms with Gasteiger partial charge in [-0.1, -0.05) is 18.7 Å². The molecule has 8 heteroatoms. The molecule has 4 rings (SSSR count). The number of carbonyl (C=O) groups excluding carboxylic acids is 1. The average molecular weight is 420 g/mol. The molecule has 0 saturated carbocycles. The lowest BCUT2D eigenvalue weighted by molar-refractivity contribution is -0.114. The number of rotatable bonds is 8. The summed E-state index contributed by atoms with van der Waals surface area (Å²) in [5.74, 6) is 1.85. The quantitative estimate of drug-likeness (QED) is 0.442. The van der Waals surface area contributed by atoms with Crippen LogP contribution in [0.5, 0.6) is 11.5 Å². The number of nitrogens with zero attached hydrogens (tertiary/aromatic N) is 3. The van der Waals surface area contributed by atoms with Crippen molar-refractivity contribution in [3.05, 3.63) is 60.9 Å². The van der Waals surface area contributed by atoms with Crippen molar-refractivity contribution in [1.82, 2.24) is 9.97 Å². The zero-order valence-corrected chi connectivity index (χ0v) is 17.3. The molecule has 1 aromatic heterocycles. The second-order valence-electron chi connectivity index (χ2n) is 6.91. The molecule has 2 heterocycles. The Kier molecular flexibility index (Phi) is 6.28. The molecule has 1 aliphatic heterocycles. The number of methoxy groups -OCH3 is 1. The molecule has 0 spiro atoms. The van der Waals surface area contributed by atoms with Crippen LogP contribution in [0.3, 0.4) is 0 Å². The van der Waals surface area contributed by atoms with E-state index in [-0.39, 0.29) is 5.91 Å². The van der Waals surface area contributed by atoms with Crippen LogP contribution in [-0.4, -0.2) is 49.4 Å². The summed E-state index contributed by atoms with van der Waals surface area (Å²) in [7, 11) is 1.64. The largest absolute Gasteiger partial charge is 0.491 e. The van der Waals surface area contributed by atoms with Gasteiger partial charge >= 0.3 is 0 Å². The fraction of sp³-hybridized carbons (Fsp3) is 0.261. The van der Waals surface area contributed by atoms with Crippen molar-refractivity contribution in [2.75, 3.05) is 43.7 Å². The molecule has 160 valence electrons. The Hall–Kier alpha value is -3.65. The molecule has 0 bridgehead atoms. The van der Waals surface area contributed by atoms with Gasteiger partial charge in [-0.15, -0.1) is 0 Å². The van der Waals surface area contributed by atoms with Crippen molar-refractivity contribution in [2.24, 2.45) is 0 Å². The molecule has 3 aromatic rings. The zero-order chi connectivity index (χ0) is 21.6. The van der Waals surface area contributed by atoms with Crippen LogP contribution in [0.15, 0.2) is 55.4 Å². The van der Waals surface area contributed by atoms with E-state index in [1.165, 1.54) is 12.4 Å². The fourth-order valence-electron chi connectivity index (χ4n) is 3.48. The first-order chi connectivity index (χ1) is 15.2. The molecule has 0 atom stereocenters. The third-order valence-electron chi connectivity index (χ3n) is 4.94. The number of aromatic nitrogens is 2. The first-order valence-electron chi connectivity index (χ1n) is 10.00. The highest BCUT2D eigenvalue weighted by Gasteiger charge is 2.25. The van der Waals surface area contributed by atoms with Crippen molar-refractivity contribution in [2.45, 2.75) is 6.54 Å². The minimum Gasteiger partial charge on any atom is -0.491 e. The van der Waals surface area contributed by atoms with E-state index >= 15 is 0 Å². The Balaban J connectivity index is 1.61. The lowest BCUT2D eigenvalue weighted by Gasteiger charge is -2.29. The summed E-state index contributed by atoms with van der Waals surface area (Å²) in [5, 5.41) is 4.12. The maximum atomic E-state index is 12.3. The first-order valence-corrected chi connectivity index (χ1v) is 10.00. The standard InChI is InChI=1S/C23H24N4O4/c1-3-20(28)27-9-10-31-22-19(27)8-7-18-21(22)23(26-15-25-18)24-14-16-5-4-6-17(13-16)30-12-11-29-2/h3-8,13,15H,1,9-12,14H2,2H3,(H,24,25,26).